The third-order valence-corrected chi connectivity index (χ3v) is 4.86. The molecular weight excluding hydrogens is 284 g/mol. The van der Waals surface area contributed by atoms with E-state index in [9.17, 15) is 0 Å². The molecule has 3 heterocycles. The Bertz CT molecular complexity index is 692. The second-order valence-corrected chi connectivity index (χ2v) is 6.60. The fourth-order valence-electron chi connectivity index (χ4n) is 3.68. The lowest BCUT2D eigenvalue weighted by atomic mass is 10.0. The highest BCUT2D eigenvalue weighted by Crippen LogP contribution is 2.32. The molecule has 1 aromatic heterocycles. The molecule has 2 aliphatic heterocycles. The molecule has 1 saturated heterocycles. The summed E-state index contributed by atoms with van der Waals surface area (Å²) in [5.41, 5.74) is 3.73. The molecule has 0 amide bonds. The van der Waals surface area contributed by atoms with Crippen molar-refractivity contribution in [2.24, 2.45) is 0 Å². The summed E-state index contributed by atoms with van der Waals surface area (Å²) in [5, 5.41) is 0. The van der Waals surface area contributed by atoms with Crippen molar-refractivity contribution in [2.75, 3.05) is 29.4 Å². The van der Waals surface area contributed by atoms with Crippen LogP contribution in [-0.2, 0) is 6.42 Å². The number of nitrogens with zero attached hydrogens (tertiary/aromatic N) is 4. The Morgan fingerprint density at radius 1 is 0.913 bits per heavy atom. The molecule has 1 aromatic carbocycles. The van der Waals surface area contributed by atoms with Gasteiger partial charge in [0.25, 0.3) is 0 Å². The van der Waals surface area contributed by atoms with Crippen LogP contribution >= 0.6 is 0 Å². The van der Waals surface area contributed by atoms with Crippen molar-refractivity contribution < 1.29 is 0 Å². The fourth-order valence-corrected chi connectivity index (χ4v) is 3.68. The summed E-state index contributed by atoms with van der Waals surface area (Å²) in [6.07, 6.45) is 6.19. The van der Waals surface area contributed by atoms with E-state index in [2.05, 4.69) is 47.1 Å². The lowest BCUT2D eigenvalue weighted by molar-refractivity contribution is 0.572. The number of hydrogen-bond acceptors (Lipinski definition) is 4. The molecule has 1 fully saturated rings. The third-order valence-electron chi connectivity index (χ3n) is 4.86. The van der Waals surface area contributed by atoms with Crippen LogP contribution in [-0.4, -0.2) is 29.6 Å². The van der Waals surface area contributed by atoms with Gasteiger partial charge in [-0.1, -0.05) is 18.2 Å². The normalized spacial score (nSPS) is 18.0. The van der Waals surface area contributed by atoms with Crippen LogP contribution in [0.2, 0.25) is 0 Å². The predicted molar refractivity (Wildman–Crippen MR) is 94.6 cm³/mol. The van der Waals surface area contributed by atoms with E-state index in [-0.39, 0.29) is 0 Å². The van der Waals surface area contributed by atoms with Gasteiger partial charge in [0.2, 0.25) is 5.95 Å². The molecule has 0 bridgehead atoms. The van der Waals surface area contributed by atoms with Crippen molar-refractivity contribution >= 4 is 17.5 Å². The van der Waals surface area contributed by atoms with Crippen LogP contribution < -0.4 is 9.80 Å². The number of fused-ring (bicyclic) bond motifs is 1. The average Bonchev–Trinajstić information content (AvgIpc) is 2.61. The Morgan fingerprint density at radius 2 is 1.74 bits per heavy atom. The van der Waals surface area contributed by atoms with Gasteiger partial charge in [-0.3, -0.25) is 0 Å². The van der Waals surface area contributed by atoms with Crippen LogP contribution in [0.25, 0.3) is 0 Å². The zero-order valence-electron chi connectivity index (χ0n) is 13.8. The van der Waals surface area contributed by atoms with Crippen LogP contribution in [0.4, 0.5) is 17.5 Å². The molecule has 4 nitrogen and oxygen atoms in total. The molecular formula is C19H24N4. The van der Waals surface area contributed by atoms with Crippen molar-refractivity contribution in [3.63, 3.8) is 0 Å². The number of hydrogen-bond donors (Lipinski definition) is 0. The van der Waals surface area contributed by atoms with Crippen LogP contribution in [0.15, 0.2) is 30.3 Å². The first-order valence-corrected chi connectivity index (χ1v) is 8.77. The van der Waals surface area contributed by atoms with Gasteiger partial charge in [0.05, 0.1) is 0 Å². The van der Waals surface area contributed by atoms with Crippen LogP contribution in [0.3, 0.4) is 0 Å². The summed E-state index contributed by atoms with van der Waals surface area (Å²) in [7, 11) is 0. The number of piperidine rings is 1. The Hall–Kier alpha value is -2.10. The number of benzene rings is 1. The minimum atomic E-state index is 0.859. The Kier molecular flexibility index (Phi) is 3.90. The number of aromatic nitrogens is 2. The molecule has 2 aliphatic rings. The lowest BCUT2D eigenvalue weighted by Gasteiger charge is -2.32. The second-order valence-electron chi connectivity index (χ2n) is 6.60. The van der Waals surface area contributed by atoms with Crippen LogP contribution in [0.5, 0.6) is 0 Å². The van der Waals surface area contributed by atoms with E-state index in [4.69, 9.17) is 9.97 Å². The summed E-state index contributed by atoms with van der Waals surface area (Å²) in [6.45, 7) is 5.31. The number of anilines is 3. The maximum atomic E-state index is 4.92. The fraction of sp³-hybridized carbons (Fsp3) is 0.474. The van der Waals surface area contributed by atoms with Gasteiger partial charge < -0.3 is 9.80 Å². The zero-order valence-corrected chi connectivity index (χ0v) is 13.8. The molecule has 0 radical (unpaired) electrons. The molecule has 2 aromatic rings. The number of aryl methyl sites for hydroxylation is 2. The first-order valence-electron chi connectivity index (χ1n) is 8.77. The first kappa shape index (κ1) is 14.5. The van der Waals surface area contributed by atoms with E-state index in [1.54, 1.807) is 0 Å². The standard InChI is InChI=1S/C19H24N4/c1-15-14-18(22-11-5-2-6-12-22)21-19(20-15)23-13-7-9-16-8-3-4-10-17(16)23/h3-4,8,10,14H,2,5-7,9,11-13H2,1H3. The van der Waals surface area contributed by atoms with Crippen molar-refractivity contribution in [1.29, 1.82) is 0 Å². The molecule has 0 atom stereocenters. The molecule has 120 valence electrons. The Morgan fingerprint density at radius 3 is 2.61 bits per heavy atom. The van der Waals surface area contributed by atoms with Crippen LogP contribution in [0, 0.1) is 6.92 Å². The molecule has 4 rings (SSSR count). The van der Waals surface area contributed by atoms with Crippen molar-refractivity contribution in [3.05, 3.63) is 41.6 Å². The molecule has 0 unspecified atom stereocenters. The topological polar surface area (TPSA) is 32.3 Å². The van der Waals surface area contributed by atoms with Gasteiger partial charge >= 0.3 is 0 Å². The van der Waals surface area contributed by atoms with Gasteiger partial charge in [-0.05, 0) is 50.7 Å². The minimum absolute atomic E-state index is 0.859. The number of rotatable bonds is 2. The molecule has 0 N–H and O–H groups in total. The molecule has 4 heteroatoms. The van der Waals surface area contributed by atoms with Gasteiger partial charge in [0, 0.05) is 37.1 Å². The predicted octanol–water partition coefficient (Wildman–Crippen LogP) is 3.86. The molecule has 23 heavy (non-hydrogen) atoms. The van der Waals surface area contributed by atoms with E-state index < -0.39 is 0 Å². The summed E-state index contributed by atoms with van der Waals surface area (Å²) in [4.78, 5) is 14.4. The summed E-state index contributed by atoms with van der Waals surface area (Å²) in [6, 6.07) is 10.8. The first-order chi connectivity index (χ1) is 11.3. The highest BCUT2D eigenvalue weighted by Gasteiger charge is 2.22. The summed E-state index contributed by atoms with van der Waals surface area (Å²) >= 11 is 0. The third kappa shape index (κ3) is 2.90. The lowest BCUT2D eigenvalue weighted by Crippen LogP contribution is -2.32. The van der Waals surface area contributed by atoms with Crippen LogP contribution in [0.1, 0.15) is 36.9 Å². The van der Waals surface area contributed by atoms with Gasteiger partial charge in [0.15, 0.2) is 0 Å². The zero-order chi connectivity index (χ0) is 15.6. The van der Waals surface area contributed by atoms with Crippen molar-refractivity contribution in [2.45, 2.75) is 39.0 Å². The second kappa shape index (κ2) is 6.19. The summed E-state index contributed by atoms with van der Waals surface area (Å²) < 4.78 is 0. The summed E-state index contributed by atoms with van der Waals surface area (Å²) in [5.74, 6) is 1.95. The van der Waals surface area contributed by atoms with E-state index in [1.165, 1.54) is 30.5 Å². The number of para-hydroxylation sites is 1. The molecule has 0 spiro atoms. The van der Waals surface area contributed by atoms with Gasteiger partial charge in [-0.2, -0.15) is 4.98 Å². The Balaban J connectivity index is 1.71. The van der Waals surface area contributed by atoms with Gasteiger partial charge in [-0.25, -0.2) is 4.98 Å². The smallest absolute Gasteiger partial charge is 0.232 e. The SMILES string of the molecule is Cc1cc(N2CCCCC2)nc(N2CCCc3ccccc32)n1. The highest BCUT2D eigenvalue weighted by atomic mass is 15.3. The average molecular weight is 308 g/mol. The van der Waals surface area contributed by atoms with E-state index >= 15 is 0 Å². The van der Waals surface area contributed by atoms with Gasteiger partial charge in [0.1, 0.15) is 5.82 Å². The van der Waals surface area contributed by atoms with E-state index in [0.29, 0.717) is 0 Å². The molecule has 0 aliphatic carbocycles. The minimum Gasteiger partial charge on any atom is -0.356 e. The van der Waals surface area contributed by atoms with E-state index in [1.807, 2.05) is 0 Å². The van der Waals surface area contributed by atoms with Crippen molar-refractivity contribution in [3.8, 4) is 0 Å². The monoisotopic (exact) mass is 308 g/mol. The maximum Gasteiger partial charge on any atom is 0.232 e. The van der Waals surface area contributed by atoms with E-state index in [0.717, 1.165) is 49.9 Å². The maximum absolute atomic E-state index is 4.92. The highest BCUT2D eigenvalue weighted by molar-refractivity contribution is 5.64. The largest absolute Gasteiger partial charge is 0.356 e. The quantitative estimate of drug-likeness (QED) is 0.843. The van der Waals surface area contributed by atoms with Crippen molar-refractivity contribution in [1.82, 2.24) is 9.97 Å². The van der Waals surface area contributed by atoms with Gasteiger partial charge in [-0.15, -0.1) is 0 Å². The molecule has 0 saturated carbocycles. The Labute approximate surface area is 138 Å².